The molecule has 0 aliphatic carbocycles. The molecule has 5 heteroatoms. The fraction of sp³-hybridized carbons (Fsp3) is 0.625. The Labute approximate surface area is 132 Å². The molecule has 0 saturated carbocycles. The number of nitrogens with zero attached hydrogens (tertiary/aromatic N) is 1. The second-order valence-corrected chi connectivity index (χ2v) is 7.57. The van der Waals surface area contributed by atoms with E-state index in [0.29, 0.717) is 16.4 Å². The lowest BCUT2D eigenvalue weighted by Crippen LogP contribution is -2.45. The molecule has 1 heterocycles. The predicted octanol–water partition coefficient (Wildman–Crippen LogP) is 4.11. The van der Waals surface area contributed by atoms with Gasteiger partial charge in [-0.15, -0.1) is 0 Å². The fourth-order valence-electron chi connectivity index (χ4n) is 2.61. The lowest BCUT2D eigenvalue weighted by Gasteiger charge is -2.33. The first kappa shape index (κ1) is 17.8. The largest absolute Gasteiger partial charge is 0.369 e. The van der Waals surface area contributed by atoms with Crippen molar-refractivity contribution in [1.29, 1.82) is 0 Å². The number of halogens is 1. The first-order chi connectivity index (χ1) is 9.54. The summed E-state index contributed by atoms with van der Waals surface area (Å²) in [6.07, 6.45) is 2.43. The summed E-state index contributed by atoms with van der Waals surface area (Å²) in [4.78, 5) is 16.5. The van der Waals surface area contributed by atoms with Crippen LogP contribution in [0.15, 0.2) is 12.3 Å². The zero-order valence-electron chi connectivity index (χ0n) is 13.8. The van der Waals surface area contributed by atoms with Crippen molar-refractivity contribution in [3.63, 3.8) is 0 Å². The number of carbonyl (C=O) groups is 1. The third kappa shape index (κ3) is 5.92. The summed E-state index contributed by atoms with van der Waals surface area (Å²) in [5.41, 5.74) is 0.327. The highest BCUT2D eigenvalue weighted by Gasteiger charge is 2.27. The molecule has 4 nitrogen and oxygen atoms in total. The molecule has 0 unspecified atom stereocenters. The third-order valence-corrected chi connectivity index (χ3v) is 3.16. The van der Waals surface area contributed by atoms with Crippen LogP contribution in [0.1, 0.15) is 58.3 Å². The minimum absolute atomic E-state index is 0.140. The van der Waals surface area contributed by atoms with Gasteiger partial charge in [0.15, 0.2) is 0 Å². The van der Waals surface area contributed by atoms with Gasteiger partial charge in [0.2, 0.25) is 0 Å². The predicted molar refractivity (Wildman–Crippen MR) is 89.0 cm³/mol. The number of hydrogen-bond donors (Lipinski definition) is 2. The Bertz CT molecular complexity index is 507. The average molecular weight is 312 g/mol. The molecular weight excluding hydrogens is 286 g/mol. The molecule has 21 heavy (non-hydrogen) atoms. The zero-order chi connectivity index (χ0) is 16.3. The zero-order valence-corrected chi connectivity index (χ0v) is 14.6. The number of rotatable bonds is 5. The van der Waals surface area contributed by atoms with Crippen molar-refractivity contribution in [2.75, 3.05) is 11.9 Å². The Morgan fingerprint density at radius 1 is 1.29 bits per heavy atom. The van der Waals surface area contributed by atoms with Gasteiger partial charge in [0, 0.05) is 18.3 Å². The van der Waals surface area contributed by atoms with E-state index in [0.717, 1.165) is 13.0 Å². The fourth-order valence-corrected chi connectivity index (χ4v) is 2.84. The highest BCUT2D eigenvalue weighted by molar-refractivity contribution is 6.33. The summed E-state index contributed by atoms with van der Waals surface area (Å²) in [7, 11) is 0. The van der Waals surface area contributed by atoms with Gasteiger partial charge in [-0.2, -0.15) is 0 Å². The second kappa shape index (κ2) is 6.65. The van der Waals surface area contributed by atoms with E-state index in [1.54, 1.807) is 12.3 Å². The molecular formula is C16H26ClN3O. The molecule has 1 amide bonds. The van der Waals surface area contributed by atoms with Crippen molar-refractivity contribution in [2.24, 2.45) is 5.41 Å². The van der Waals surface area contributed by atoms with Crippen LogP contribution in [0.4, 0.5) is 5.82 Å². The standard InChI is InChI=1S/C16H26ClN3O/c1-7-18-13-12(17)8-11(9-19-13)14(21)20-16(5,6)10-15(2,3)4/h8-9H,7,10H2,1-6H3,(H,18,19)(H,20,21). The molecule has 0 atom stereocenters. The summed E-state index contributed by atoms with van der Waals surface area (Å²) in [6.45, 7) is 13.2. The second-order valence-electron chi connectivity index (χ2n) is 7.16. The lowest BCUT2D eigenvalue weighted by atomic mass is 9.81. The lowest BCUT2D eigenvalue weighted by molar-refractivity contribution is 0.0891. The summed E-state index contributed by atoms with van der Waals surface area (Å²) < 4.78 is 0. The Kier molecular flexibility index (Phi) is 5.62. The van der Waals surface area contributed by atoms with Crippen LogP contribution in [0.25, 0.3) is 0 Å². The van der Waals surface area contributed by atoms with Crippen LogP contribution in [0.3, 0.4) is 0 Å². The number of amides is 1. The van der Waals surface area contributed by atoms with E-state index in [-0.39, 0.29) is 16.9 Å². The first-order valence-electron chi connectivity index (χ1n) is 7.26. The molecule has 1 aromatic rings. The highest BCUT2D eigenvalue weighted by atomic mass is 35.5. The van der Waals surface area contributed by atoms with Gasteiger partial charge >= 0.3 is 0 Å². The van der Waals surface area contributed by atoms with Gasteiger partial charge in [0.25, 0.3) is 5.91 Å². The number of anilines is 1. The maximum atomic E-state index is 12.3. The molecule has 0 radical (unpaired) electrons. The number of nitrogens with one attached hydrogen (secondary N) is 2. The van der Waals surface area contributed by atoms with Gasteiger partial charge in [-0.3, -0.25) is 4.79 Å². The minimum atomic E-state index is -0.290. The van der Waals surface area contributed by atoms with Crippen LogP contribution in [-0.4, -0.2) is 23.0 Å². The summed E-state index contributed by atoms with van der Waals surface area (Å²) in [6, 6.07) is 1.65. The highest BCUT2D eigenvalue weighted by Crippen LogP contribution is 2.27. The summed E-state index contributed by atoms with van der Waals surface area (Å²) in [5, 5.41) is 6.55. The SMILES string of the molecule is CCNc1ncc(C(=O)NC(C)(C)CC(C)(C)C)cc1Cl. The van der Waals surface area contributed by atoms with Gasteiger partial charge in [0.1, 0.15) is 5.82 Å². The van der Waals surface area contributed by atoms with E-state index in [4.69, 9.17) is 11.6 Å². The maximum absolute atomic E-state index is 12.3. The van der Waals surface area contributed by atoms with E-state index >= 15 is 0 Å². The smallest absolute Gasteiger partial charge is 0.253 e. The Morgan fingerprint density at radius 3 is 2.38 bits per heavy atom. The van der Waals surface area contributed by atoms with E-state index in [2.05, 4.69) is 36.4 Å². The molecule has 1 aromatic heterocycles. The molecule has 2 N–H and O–H groups in total. The van der Waals surface area contributed by atoms with Crippen LogP contribution in [0, 0.1) is 5.41 Å². The number of aromatic nitrogens is 1. The minimum Gasteiger partial charge on any atom is -0.369 e. The number of carbonyl (C=O) groups excluding carboxylic acids is 1. The Hall–Kier alpha value is -1.29. The van der Waals surface area contributed by atoms with Crippen molar-refractivity contribution < 1.29 is 4.79 Å². The van der Waals surface area contributed by atoms with Crippen LogP contribution < -0.4 is 10.6 Å². The van der Waals surface area contributed by atoms with Crippen molar-refractivity contribution in [3.8, 4) is 0 Å². The Morgan fingerprint density at radius 2 is 1.90 bits per heavy atom. The van der Waals surface area contributed by atoms with Gasteiger partial charge in [0.05, 0.1) is 10.6 Å². The topological polar surface area (TPSA) is 54.0 Å². The van der Waals surface area contributed by atoms with Crippen molar-refractivity contribution in [1.82, 2.24) is 10.3 Å². The van der Waals surface area contributed by atoms with Gasteiger partial charge in [-0.25, -0.2) is 4.98 Å². The number of pyridine rings is 1. The van der Waals surface area contributed by atoms with Gasteiger partial charge < -0.3 is 10.6 Å². The Balaban J connectivity index is 2.82. The molecule has 1 rings (SSSR count). The third-order valence-electron chi connectivity index (χ3n) is 2.87. The average Bonchev–Trinajstić information content (AvgIpc) is 2.27. The molecule has 0 spiro atoms. The van der Waals surface area contributed by atoms with Crippen LogP contribution in [0.5, 0.6) is 0 Å². The van der Waals surface area contributed by atoms with E-state index < -0.39 is 0 Å². The molecule has 0 bridgehead atoms. The van der Waals surface area contributed by atoms with E-state index in [1.807, 2.05) is 20.8 Å². The molecule has 0 saturated heterocycles. The van der Waals surface area contributed by atoms with Crippen molar-refractivity contribution in [2.45, 2.75) is 53.5 Å². The maximum Gasteiger partial charge on any atom is 0.253 e. The van der Waals surface area contributed by atoms with Gasteiger partial charge in [-0.1, -0.05) is 32.4 Å². The first-order valence-corrected chi connectivity index (χ1v) is 7.64. The van der Waals surface area contributed by atoms with Gasteiger partial charge in [-0.05, 0) is 38.7 Å². The molecule has 0 aromatic carbocycles. The molecule has 0 aliphatic rings. The van der Waals surface area contributed by atoms with Crippen LogP contribution in [-0.2, 0) is 0 Å². The van der Waals surface area contributed by atoms with E-state index in [9.17, 15) is 4.79 Å². The quantitative estimate of drug-likeness (QED) is 0.860. The summed E-state index contributed by atoms with van der Waals surface area (Å²) >= 11 is 6.12. The molecule has 118 valence electrons. The van der Waals surface area contributed by atoms with E-state index in [1.165, 1.54) is 0 Å². The number of hydrogen-bond acceptors (Lipinski definition) is 3. The van der Waals surface area contributed by atoms with Crippen molar-refractivity contribution in [3.05, 3.63) is 22.8 Å². The molecule has 0 aliphatic heterocycles. The van der Waals surface area contributed by atoms with Crippen molar-refractivity contribution >= 4 is 23.3 Å². The summed E-state index contributed by atoms with van der Waals surface area (Å²) in [5.74, 6) is 0.450. The normalized spacial score (nSPS) is 12.1. The molecule has 0 fully saturated rings. The van der Waals surface area contributed by atoms with Crippen LogP contribution >= 0.6 is 11.6 Å². The van der Waals surface area contributed by atoms with Crippen LogP contribution in [0.2, 0.25) is 5.02 Å². The monoisotopic (exact) mass is 311 g/mol.